The van der Waals surface area contributed by atoms with E-state index in [1.54, 1.807) is 24.3 Å². The lowest BCUT2D eigenvalue weighted by atomic mass is 10.2. The molecule has 3 N–H and O–H groups in total. The Balaban J connectivity index is 1.84. The average molecular weight is 256 g/mol. The van der Waals surface area contributed by atoms with Crippen LogP contribution >= 0.6 is 0 Å². The molecule has 0 unspecified atom stereocenters. The molecule has 0 spiro atoms. The summed E-state index contributed by atoms with van der Waals surface area (Å²) in [6, 6.07) is 14.5. The van der Waals surface area contributed by atoms with Gasteiger partial charge in [0, 0.05) is 11.4 Å². The highest BCUT2D eigenvalue weighted by molar-refractivity contribution is 5.91. The van der Waals surface area contributed by atoms with Gasteiger partial charge in [0.05, 0.1) is 0 Å². The van der Waals surface area contributed by atoms with Crippen LogP contribution in [0.3, 0.4) is 0 Å². The minimum Gasteiger partial charge on any atom is -0.484 e. The van der Waals surface area contributed by atoms with Crippen molar-refractivity contribution >= 4 is 17.3 Å². The molecule has 0 aliphatic heterocycles. The zero-order valence-corrected chi connectivity index (χ0v) is 10.7. The Morgan fingerprint density at radius 2 is 1.74 bits per heavy atom. The monoisotopic (exact) mass is 256 g/mol. The van der Waals surface area contributed by atoms with Crippen molar-refractivity contribution in [2.45, 2.75) is 6.92 Å². The summed E-state index contributed by atoms with van der Waals surface area (Å²) in [5.41, 5.74) is 8.14. The topological polar surface area (TPSA) is 64.3 Å². The second kappa shape index (κ2) is 5.91. The van der Waals surface area contributed by atoms with E-state index in [9.17, 15) is 4.79 Å². The van der Waals surface area contributed by atoms with Crippen molar-refractivity contribution in [1.82, 2.24) is 0 Å². The summed E-state index contributed by atoms with van der Waals surface area (Å²) in [6.45, 7) is 1.97. The number of amides is 1. The molecule has 2 rings (SSSR count). The highest BCUT2D eigenvalue weighted by Crippen LogP contribution is 2.13. The van der Waals surface area contributed by atoms with Crippen molar-refractivity contribution in [3.05, 3.63) is 54.1 Å². The van der Waals surface area contributed by atoms with E-state index in [1.165, 1.54) is 0 Å². The van der Waals surface area contributed by atoms with Gasteiger partial charge in [-0.15, -0.1) is 0 Å². The molecular formula is C15H16N2O2. The van der Waals surface area contributed by atoms with Gasteiger partial charge in [0.1, 0.15) is 5.75 Å². The second-order valence-corrected chi connectivity index (χ2v) is 4.27. The maximum atomic E-state index is 11.7. The second-order valence-electron chi connectivity index (χ2n) is 4.27. The number of anilines is 2. The molecule has 4 nitrogen and oxygen atoms in total. The molecular weight excluding hydrogens is 240 g/mol. The van der Waals surface area contributed by atoms with E-state index in [4.69, 9.17) is 10.5 Å². The number of aryl methyl sites for hydroxylation is 1. The van der Waals surface area contributed by atoms with Gasteiger partial charge < -0.3 is 15.8 Å². The molecule has 0 fully saturated rings. The fourth-order valence-corrected chi connectivity index (χ4v) is 1.55. The van der Waals surface area contributed by atoms with Crippen LogP contribution in [0.4, 0.5) is 11.4 Å². The van der Waals surface area contributed by atoms with Crippen LogP contribution in [0, 0.1) is 6.92 Å². The minimum absolute atomic E-state index is 0.0300. The van der Waals surface area contributed by atoms with Crippen molar-refractivity contribution in [3.8, 4) is 5.75 Å². The van der Waals surface area contributed by atoms with Crippen LogP contribution in [0.25, 0.3) is 0 Å². The summed E-state index contributed by atoms with van der Waals surface area (Å²) in [5, 5.41) is 2.76. The fourth-order valence-electron chi connectivity index (χ4n) is 1.55. The van der Waals surface area contributed by atoms with Gasteiger partial charge in [-0.25, -0.2) is 0 Å². The molecule has 19 heavy (non-hydrogen) atoms. The highest BCUT2D eigenvalue weighted by atomic mass is 16.5. The van der Waals surface area contributed by atoms with Crippen LogP contribution in [-0.4, -0.2) is 12.5 Å². The van der Waals surface area contributed by atoms with Crippen LogP contribution in [-0.2, 0) is 4.79 Å². The lowest BCUT2D eigenvalue weighted by molar-refractivity contribution is -0.118. The zero-order chi connectivity index (χ0) is 13.7. The molecule has 4 heteroatoms. The van der Waals surface area contributed by atoms with Crippen molar-refractivity contribution in [2.75, 3.05) is 17.7 Å². The summed E-state index contributed by atoms with van der Waals surface area (Å²) in [5.74, 6) is 0.425. The predicted molar refractivity (Wildman–Crippen MR) is 76.2 cm³/mol. The number of carbonyl (C=O) groups excluding carboxylic acids is 1. The number of carbonyl (C=O) groups is 1. The van der Waals surface area contributed by atoms with E-state index in [0.29, 0.717) is 11.4 Å². The van der Waals surface area contributed by atoms with Gasteiger partial charge in [0.15, 0.2) is 6.61 Å². The van der Waals surface area contributed by atoms with Crippen molar-refractivity contribution in [2.24, 2.45) is 0 Å². The maximum absolute atomic E-state index is 11.7. The van der Waals surface area contributed by atoms with Gasteiger partial charge in [0.2, 0.25) is 0 Å². The van der Waals surface area contributed by atoms with E-state index in [0.717, 1.165) is 11.3 Å². The Morgan fingerprint density at radius 1 is 1.11 bits per heavy atom. The molecule has 0 radical (unpaired) electrons. The Hall–Kier alpha value is -2.49. The van der Waals surface area contributed by atoms with Gasteiger partial charge in [-0.3, -0.25) is 4.79 Å². The molecule has 0 aromatic heterocycles. The number of rotatable bonds is 4. The van der Waals surface area contributed by atoms with Gasteiger partial charge >= 0.3 is 0 Å². The van der Waals surface area contributed by atoms with Crippen molar-refractivity contribution in [3.63, 3.8) is 0 Å². The molecule has 2 aromatic rings. The summed E-state index contributed by atoms with van der Waals surface area (Å²) in [7, 11) is 0. The van der Waals surface area contributed by atoms with Crippen LogP contribution in [0.2, 0.25) is 0 Å². The molecule has 0 atom stereocenters. The van der Waals surface area contributed by atoms with Crippen molar-refractivity contribution in [1.29, 1.82) is 0 Å². The highest BCUT2D eigenvalue weighted by Gasteiger charge is 2.03. The number of ether oxygens (including phenoxy) is 1. The number of nitrogen functional groups attached to an aromatic ring is 1. The van der Waals surface area contributed by atoms with E-state index in [2.05, 4.69) is 5.32 Å². The van der Waals surface area contributed by atoms with Crippen LogP contribution in [0.1, 0.15) is 5.56 Å². The minimum atomic E-state index is -0.194. The van der Waals surface area contributed by atoms with E-state index < -0.39 is 0 Å². The largest absolute Gasteiger partial charge is 0.484 e. The molecule has 0 heterocycles. The maximum Gasteiger partial charge on any atom is 0.262 e. The van der Waals surface area contributed by atoms with Crippen molar-refractivity contribution < 1.29 is 9.53 Å². The smallest absolute Gasteiger partial charge is 0.262 e. The number of benzene rings is 2. The fraction of sp³-hybridized carbons (Fsp3) is 0.133. The Bertz CT molecular complexity index is 547. The van der Waals surface area contributed by atoms with Crippen LogP contribution < -0.4 is 15.8 Å². The molecule has 98 valence electrons. The first-order valence-electron chi connectivity index (χ1n) is 5.98. The Labute approximate surface area is 112 Å². The third-order valence-corrected chi connectivity index (χ3v) is 2.59. The summed E-state index contributed by atoms with van der Waals surface area (Å²) >= 11 is 0. The average Bonchev–Trinajstić information content (AvgIpc) is 2.41. The number of nitrogens with two attached hydrogens (primary N) is 1. The molecule has 0 saturated carbocycles. The SMILES string of the molecule is Cc1ccc(NC(=O)COc2ccc(N)cc2)cc1. The summed E-state index contributed by atoms with van der Waals surface area (Å²) in [6.07, 6.45) is 0. The van der Waals surface area contributed by atoms with Gasteiger partial charge in [-0.1, -0.05) is 17.7 Å². The van der Waals surface area contributed by atoms with E-state index >= 15 is 0 Å². The number of hydrogen-bond acceptors (Lipinski definition) is 3. The molecule has 0 aliphatic carbocycles. The third-order valence-electron chi connectivity index (χ3n) is 2.59. The zero-order valence-electron chi connectivity index (χ0n) is 10.7. The first-order valence-corrected chi connectivity index (χ1v) is 5.98. The van der Waals surface area contributed by atoms with Gasteiger partial charge in [-0.2, -0.15) is 0 Å². The molecule has 1 amide bonds. The molecule has 0 bridgehead atoms. The van der Waals surface area contributed by atoms with E-state index in [1.807, 2.05) is 31.2 Å². The van der Waals surface area contributed by atoms with Crippen LogP contribution in [0.5, 0.6) is 5.75 Å². The quantitative estimate of drug-likeness (QED) is 0.826. The Morgan fingerprint density at radius 3 is 2.37 bits per heavy atom. The first-order chi connectivity index (χ1) is 9.13. The van der Waals surface area contributed by atoms with Crippen LogP contribution in [0.15, 0.2) is 48.5 Å². The molecule has 2 aromatic carbocycles. The lowest BCUT2D eigenvalue weighted by Crippen LogP contribution is -2.20. The first kappa shape index (κ1) is 13.0. The van der Waals surface area contributed by atoms with Gasteiger partial charge in [0.25, 0.3) is 5.91 Å². The molecule has 0 aliphatic rings. The lowest BCUT2D eigenvalue weighted by Gasteiger charge is -2.07. The third kappa shape index (κ3) is 4.03. The number of nitrogens with one attached hydrogen (secondary N) is 1. The normalized spacial score (nSPS) is 9.95. The summed E-state index contributed by atoms with van der Waals surface area (Å²) < 4.78 is 5.35. The van der Waals surface area contributed by atoms with Gasteiger partial charge in [-0.05, 0) is 43.3 Å². The standard InChI is InChI=1S/C15H16N2O2/c1-11-2-6-13(7-3-11)17-15(18)10-19-14-8-4-12(16)5-9-14/h2-9H,10,16H2,1H3,(H,17,18). The predicted octanol–water partition coefficient (Wildman–Crippen LogP) is 2.59. The molecule has 0 saturated heterocycles. The Kier molecular flexibility index (Phi) is 4.03. The van der Waals surface area contributed by atoms with E-state index in [-0.39, 0.29) is 12.5 Å². The number of hydrogen-bond donors (Lipinski definition) is 2. The summed E-state index contributed by atoms with van der Waals surface area (Å²) in [4.78, 5) is 11.7.